The van der Waals surface area contributed by atoms with Gasteiger partial charge in [0.15, 0.2) is 0 Å². The number of aliphatic hydroxyl groups is 2. The van der Waals surface area contributed by atoms with Gasteiger partial charge in [-0.25, -0.2) is 0 Å². The van der Waals surface area contributed by atoms with Gasteiger partial charge in [-0.1, -0.05) is 264 Å². The number of rotatable bonds is 49. The van der Waals surface area contributed by atoms with Crippen LogP contribution in [-0.2, 0) is 4.79 Å². The molecule has 4 heteroatoms. The molecule has 0 saturated carbocycles. The molecule has 0 rings (SSSR count). The topological polar surface area (TPSA) is 69.6 Å². The van der Waals surface area contributed by atoms with Crippen molar-refractivity contribution in [2.45, 2.75) is 264 Å². The van der Waals surface area contributed by atoms with Crippen LogP contribution in [0.4, 0.5) is 0 Å². The summed E-state index contributed by atoms with van der Waals surface area (Å²) >= 11 is 0. The summed E-state index contributed by atoms with van der Waals surface area (Å²) in [7, 11) is 0. The molecule has 0 bridgehead atoms. The minimum Gasteiger partial charge on any atom is -0.394 e. The smallest absolute Gasteiger partial charge is 0.220 e. The van der Waals surface area contributed by atoms with Crippen LogP contribution in [0.5, 0.6) is 0 Å². The number of allylic oxidation sites excluding steroid dienone is 17. The Morgan fingerprint density at radius 3 is 1.08 bits per heavy atom. The zero-order valence-electron chi connectivity index (χ0n) is 42.7. The lowest BCUT2D eigenvalue weighted by Gasteiger charge is -2.19. The standard InChI is InChI=1S/C61H105NO3/c1-3-5-7-9-11-13-15-17-18-19-20-21-22-23-24-25-26-27-28-29-30-31-32-33-34-35-36-37-38-39-40-41-42-43-44-45-47-49-51-53-55-57-61(65)62-59(58-63)60(64)56-54-52-50-48-46-16-14-12-10-8-6-4-2/h5,7,11,13,17-18,20-21,23-24,26-27,29-30,46,48,54,56,59-60,63-64H,3-4,6,8-10,12,14-16,19,22,25,28,31-45,47,49-53,55,57-58H2,1-2H3,(H,62,65)/b7-5-,13-11-,18-17-,21-20-,24-23-,27-26-,30-29-,48-46+,56-54+. The van der Waals surface area contributed by atoms with Crippen LogP contribution in [-0.4, -0.2) is 34.9 Å². The molecule has 65 heavy (non-hydrogen) atoms. The lowest BCUT2D eigenvalue weighted by Crippen LogP contribution is -2.45. The third kappa shape index (κ3) is 51.9. The van der Waals surface area contributed by atoms with Crippen molar-refractivity contribution >= 4 is 5.91 Å². The number of amides is 1. The summed E-state index contributed by atoms with van der Waals surface area (Å²) < 4.78 is 0. The van der Waals surface area contributed by atoms with Crippen molar-refractivity contribution in [3.8, 4) is 0 Å². The first-order chi connectivity index (χ1) is 32.2. The molecular weight excluding hydrogens is 795 g/mol. The van der Waals surface area contributed by atoms with Gasteiger partial charge in [0.25, 0.3) is 0 Å². The van der Waals surface area contributed by atoms with Gasteiger partial charge < -0.3 is 15.5 Å². The molecule has 0 aromatic rings. The van der Waals surface area contributed by atoms with Crippen molar-refractivity contribution in [3.63, 3.8) is 0 Å². The van der Waals surface area contributed by atoms with E-state index in [9.17, 15) is 15.0 Å². The molecule has 0 spiro atoms. The van der Waals surface area contributed by atoms with Gasteiger partial charge in [0.05, 0.1) is 18.8 Å². The summed E-state index contributed by atoms with van der Waals surface area (Å²) in [6.45, 7) is 4.16. The van der Waals surface area contributed by atoms with E-state index in [-0.39, 0.29) is 12.5 Å². The SMILES string of the molecule is CC/C=C\C/C=C\C/C=C\C/C=C\C/C=C\C/C=C\C/C=C\CCCCCCCCCCCCCCCCCCCCCC(=O)NC(CO)C(O)/C=C/CC/C=C/CCCCCCCC. The van der Waals surface area contributed by atoms with Crippen molar-refractivity contribution < 1.29 is 15.0 Å². The summed E-state index contributed by atoms with van der Waals surface area (Å²) in [6.07, 6.45) is 84.0. The van der Waals surface area contributed by atoms with Gasteiger partial charge >= 0.3 is 0 Å². The van der Waals surface area contributed by atoms with Gasteiger partial charge in [0.1, 0.15) is 0 Å². The van der Waals surface area contributed by atoms with Crippen molar-refractivity contribution in [1.29, 1.82) is 0 Å². The second-order valence-corrected chi connectivity index (χ2v) is 18.3. The molecule has 0 heterocycles. The second-order valence-electron chi connectivity index (χ2n) is 18.3. The largest absolute Gasteiger partial charge is 0.394 e. The monoisotopic (exact) mass is 900 g/mol. The van der Waals surface area contributed by atoms with E-state index in [4.69, 9.17) is 0 Å². The fourth-order valence-electron chi connectivity index (χ4n) is 7.82. The first-order valence-electron chi connectivity index (χ1n) is 27.6. The van der Waals surface area contributed by atoms with Gasteiger partial charge in [-0.2, -0.15) is 0 Å². The number of unbranched alkanes of at least 4 members (excludes halogenated alkanes) is 26. The molecule has 2 unspecified atom stereocenters. The highest BCUT2D eigenvalue weighted by Gasteiger charge is 2.17. The van der Waals surface area contributed by atoms with E-state index >= 15 is 0 Å². The van der Waals surface area contributed by atoms with Gasteiger partial charge in [-0.3, -0.25) is 4.79 Å². The third-order valence-corrected chi connectivity index (χ3v) is 12.0. The fraction of sp³-hybridized carbons (Fsp3) is 0.689. The van der Waals surface area contributed by atoms with E-state index in [0.717, 1.165) is 77.0 Å². The van der Waals surface area contributed by atoms with E-state index in [1.54, 1.807) is 6.08 Å². The maximum atomic E-state index is 12.4. The quantitative estimate of drug-likeness (QED) is 0.0421. The number of hydrogen-bond donors (Lipinski definition) is 3. The highest BCUT2D eigenvalue weighted by Crippen LogP contribution is 2.16. The molecule has 4 nitrogen and oxygen atoms in total. The van der Waals surface area contributed by atoms with Gasteiger partial charge in [-0.05, 0) is 89.9 Å². The second kappa shape index (κ2) is 55.4. The van der Waals surface area contributed by atoms with Crippen LogP contribution in [0, 0.1) is 0 Å². The van der Waals surface area contributed by atoms with E-state index in [2.05, 4.69) is 116 Å². The molecule has 2 atom stereocenters. The number of carbonyl (C=O) groups is 1. The van der Waals surface area contributed by atoms with Crippen LogP contribution in [0.1, 0.15) is 251 Å². The van der Waals surface area contributed by atoms with Gasteiger partial charge in [-0.15, -0.1) is 0 Å². The summed E-state index contributed by atoms with van der Waals surface area (Å²) in [5.41, 5.74) is 0. The Morgan fingerprint density at radius 2 is 0.692 bits per heavy atom. The van der Waals surface area contributed by atoms with Crippen molar-refractivity contribution in [2.24, 2.45) is 0 Å². The molecule has 0 saturated heterocycles. The summed E-state index contributed by atoms with van der Waals surface area (Å²) in [4.78, 5) is 12.4. The van der Waals surface area contributed by atoms with Gasteiger partial charge in [0, 0.05) is 6.42 Å². The Kier molecular flexibility index (Phi) is 52.9. The summed E-state index contributed by atoms with van der Waals surface area (Å²) in [5, 5.41) is 23.0. The minimum atomic E-state index is -0.864. The van der Waals surface area contributed by atoms with Crippen LogP contribution in [0.3, 0.4) is 0 Å². The molecule has 0 aliphatic heterocycles. The molecule has 0 aliphatic carbocycles. The van der Waals surface area contributed by atoms with Crippen LogP contribution in [0.25, 0.3) is 0 Å². The number of aliphatic hydroxyl groups excluding tert-OH is 2. The van der Waals surface area contributed by atoms with Crippen LogP contribution >= 0.6 is 0 Å². The first kappa shape index (κ1) is 62.1. The highest BCUT2D eigenvalue weighted by molar-refractivity contribution is 5.76. The molecule has 372 valence electrons. The predicted octanol–water partition coefficient (Wildman–Crippen LogP) is 18.3. The normalized spacial score (nSPS) is 13.7. The Balaban J connectivity index is 3.49. The molecular formula is C61H105NO3. The first-order valence-corrected chi connectivity index (χ1v) is 27.6. The lowest BCUT2D eigenvalue weighted by molar-refractivity contribution is -0.123. The number of nitrogens with one attached hydrogen (secondary N) is 1. The Labute approximate surface area is 404 Å². The molecule has 0 fully saturated rings. The van der Waals surface area contributed by atoms with Crippen molar-refractivity contribution in [2.75, 3.05) is 6.61 Å². The third-order valence-electron chi connectivity index (χ3n) is 12.0. The molecule has 3 N–H and O–H groups in total. The average Bonchev–Trinajstić information content (AvgIpc) is 3.31. The average molecular weight is 901 g/mol. The van der Waals surface area contributed by atoms with Crippen LogP contribution < -0.4 is 5.32 Å². The molecule has 1 amide bonds. The maximum absolute atomic E-state index is 12.4. The maximum Gasteiger partial charge on any atom is 0.220 e. The number of carbonyl (C=O) groups excluding carboxylic acids is 1. The van der Waals surface area contributed by atoms with Crippen molar-refractivity contribution in [1.82, 2.24) is 5.32 Å². The molecule has 0 aromatic carbocycles. The zero-order chi connectivity index (χ0) is 47.0. The molecule has 0 aliphatic rings. The Hall–Kier alpha value is -2.95. The summed E-state index contributed by atoms with van der Waals surface area (Å²) in [6, 6.07) is -0.641. The predicted molar refractivity (Wildman–Crippen MR) is 289 cm³/mol. The van der Waals surface area contributed by atoms with E-state index in [1.807, 2.05) is 6.08 Å². The number of hydrogen-bond acceptors (Lipinski definition) is 3. The summed E-state index contributed by atoms with van der Waals surface area (Å²) in [5.74, 6) is -0.0760. The fourth-order valence-corrected chi connectivity index (χ4v) is 7.82. The Morgan fingerprint density at radius 1 is 0.385 bits per heavy atom. The minimum absolute atomic E-state index is 0.0760. The van der Waals surface area contributed by atoms with E-state index in [0.29, 0.717) is 6.42 Å². The van der Waals surface area contributed by atoms with E-state index in [1.165, 1.54) is 154 Å². The van der Waals surface area contributed by atoms with Crippen LogP contribution in [0.15, 0.2) is 109 Å². The van der Waals surface area contributed by atoms with E-state index < -0.39 is 12.1 Å². The zero-order valence-corrected chi connectivity index (χ0v) is 42.7. The van der Waals surface area contributed by atoms with Gasteiger partial charge in [0.2, 0.25) is 5.91 Å². The lowest BCUT2D eigenvalue weighted by atomic mass is 10.0. The Bertz CT molecular complexity index is 1250. The molecule has 0 radical (unpaired) electrons. The van der Waals surface area contributed by atoms with Crippen molar-refractivity contribution in [3.05, 3.63) is 109 Å². The molecule has 0 aromatic heterocycles. The highest BCUT2D eigenvalue weighted by atomic mass is 16.3. The van der Waals surface area contributed by atoms with Crippen LogP contribution in [0.2, 0.25) is 0 Å².